The van der Waals surface area contributed by atoms with Crippen LogP contribution in [-0.4, -0.2) is 0 Å². The summed E-state index contributed by atoms with van der Waals surface area (Å²) in [5.41, 5.74) is 0. The monoisotopic (exact) mass is 165 g/mol. The fourth-order valence-electron chi connectivity index (χ4n) is 2.10. The highest BCUT2D eigenvalue weighted by molar-refractivity contribution is 4.73. The zero-order chi connectivity index (χ0) is 8.65. The standard InChI is InChI=1S/C11H19N/c12-10-6-9-11-7-4-2-1-3-5-8-11/h11H,1-9H2. The van der Waals surface area contributed by atoms with Gasteiger partial charge in [0.15, 0.2) is 0 Å². The van der Waals surface area contributed by atoms with Crippen LogP contribution in [0, 0.1) is 17.2 Å². The Hall–Kier alpha value is -0.510. The lowest BCUT2D eigenvalue weighted by Crippen LogP contribution is -2.03. The summed E-state index contributed by atoms with van der Waals surface area (Å²) in [7, 11) is 0. The SMILES string of the molecule is N#CCCC1CCCCCCC1. The quantitative estimate of drug-likeness (QED) is 0.612. The van der Waals surface area contributed by atoms with Crippen molar-refractivity contribution in [3.63, 3.8) is 0 Å². The maximum Gasteiger partial charge on any atom is 0.0621 e. The molecule has 1 fully saturated rings. The van der Waals surface area contributed by atoms with Gasteiger partial charge < -0.3 is 0 Å². The van der Waals surface area contributed by atoms with Crippen LogP contribution in [0.2, 0.25) is 0 Å². The summed E-state index contributed by atoms with van der Waals surface area (Å²) in [6.07, 6.45) is 11.7. The average Bonchev–Trinajstić information content (AvgIpc) is 2.02. The van der Waals surface area contributed by atoms with Crippen LogP contribution in [0.5, 0.6) is 0 Å². The van der Waals surface area contributed by atoms with E-state index in [4.69, 9.17) is 5.26 Å². The van der Waals surface area contributed by atoms with Gasteiger partial charge >= 0.3 is 0 Å². The molecule has 1 aliphatic carbocycles. The van der Waals surface area contributed by atoms with Crippen molar-refractivity contribution < 1.29 is 0 Å². The molecule has 12 heavy (non-hydrogen) atoms. The maximum atomic E-state index is 8.47. The molecule has 0 spiro atoms. The first kappa shape index (κ1) is 9.58. The van der Waals surface area contributed by atoms with Crippen LogP contribution >= 0.6 is 0 Å². The molecule has 0 radical (unpaired) electrons. The third-order valence-electron chi connectivity index (χ3n) is 2.89. The highest BCUT2D eigenvalue weighted by Crippen LogP contribution is 2.25. The smallest absolute Gasteiger partial charge is 0.0621 e. The molecule has 0 heterocycles. The van der Waals surface area contributed by atoms with E-state index in [1.54, 1.807) is 0 Å². The normalized spacial score (nSPS) is 20.9. The predicted octanol–water partition coefficient (Wildman–Crippen LogP) is 3.65. The van der Waals surface area contributed by atoms with Gasteiger partial charge in [-0.05, 0) is 12.3 Å². The third-order valence-corrected chi connectivity index (χ3v) is 2.89. The van der Waals surface area contributed by atoms with E-state index in [2.05, 4.69) is 6.07 Å². The highest BCUT2D eigenvalue weighted by atomic mass is 14.2. The Morgan fingerprint density at radius 2 is 1.58 bits per heavy atom. The molecule has 1 nitrogen and oxygen atoms in total. The topological polar surface area (TPSA) is 23.8 Å². The van der Waals surface area contributed by atoms with Gasteiger partial charge in [-0.3, -0.25) is 0 Å². The summed E-state index contributed by atoms with van der Waals surface area (Å²) >= 11 is 0. The Morgan fingerprint density at radius 1 is 1.00 bits per heavy atom. The fourth-order valence-corrected chi connectivity index (χ4v) is 2.10. The minimum absolute atomic E-state index is 0.769. The molecule has 1 rings (SSSR count). The van der Waals surface area contributed by atoms with Gasteiger partial charge in [0.1, 0.15) is 0 Å². The molecule has 0 amide bonds. The van der Waals surface area contributed by atoms with Crippen LogP contribution in [0.25, 0.3) is 0 Å². The molecular formula is C11H19N. The molecule has 0 aliphatic heterocycles. The minimum atomic E-state index is 0.769. The van der Waals surface area contributed by atoms with Crippen molar-refractivity contribution >= 4 is 0 Å². The number of hydrogen-bond acceptors (Lipinski definition) is 1. The highest BCUT2D eigenvalue weighted by Gasteiger charge is 2.10. The van der Waals surface area contributed by atoms with Crippen molar-refractivity contribution in [2.45, 2.75) is 57.8 Å². The minimum Gasteiger partial charge on any atom is -0.198 e. The van der Waals surface area contributed by atoms with Gasteiger partial charge in [0.25, 0.3) is 0 Å². The summed E-state index contributed by atoms with van der Waals surface area (Å²) in [5.74, 6) is 0.866. The van der Waals surface area contributed by atoms with E-state index in [0.717, 1.165) is 18.8 Å². The molecule has 0 aromatic carbocycles. The first-order valence-electron chi connectivity index (χ1n) is 5.30. The first-order valence-corrected chi connectivity index (χ1v) is 5.30. The summed E-state index contributed by atoms with van der Waals surface area (Å²) in [6, 6.07) is 2.25. The first-order chi connectivity index (χ1) is 5.93. The number of nitriles is 1. The van der Waals surface area contributed by atoms with Crippen LogP contribution < -0.4 is 0 Å². The maximum absolute atomic E-state index is 8.47. The van der Waals surface area contributed by atoms with Gasteiger partial charge in [-0.15, -0.1) is 0 Å². The van der Waals surface area contributed by atoms with Gasteiger partial charge in [0, 0.05) is 6.42 Å². The second kappa shape index (κ2) is 6.06. The fraction of sp³-hybridized carbons (Fsp3) is 0.909. The van der Waals surface area contributed by atoms with E-state index in [1.807, 2.05) is 0 Å². The van der Waals surface area contributed by atoms with E-state index in [1.165, 1.54) is 44.9 Å². The lowest BCUT2D eigenvalue weighted by molar-refractivity contribution is 0.362. The van der Waals surface area contributed by atoms with Crippen LogP contribution in [0.3, 0.4) is 0 Å². The van der Waals surface area contributed by atoms with E-state index in [-0.39, 0.29) is 0 Å². The van der Waals surface area contributed by atoms with E-state index >= 15 is 0 Å². The van der Waals surface area contributed by atoms with Crippen LogP contribution in [0.4, 0.5) is 0 Å². The Kier molecular flexibility index (Phi) is 4.83. The second-order valence-corrected chi connectivity index (χ2v) is 3.91. The van der Waals surface area contributed by atoms with Crippen molar-refractivity contribution in [3.05, 3.63) is 0 Å². The van der Waals surface area contributed by atoms with Gasteiger partial charge in [0.05, 0.1) is 6.07 Å². The second-order valence-electron chi connectivity index (χ2n) is 3.91. The Morgan fingerprint density at radius 3 is 2.17 bits per heavy atom. The molecule has 0 atom stereocenters. The van der Waals surface area contributed by atoms with Gasteiger partial charge in [-0.25, -0.2) is 0 Å². The van der Waals surface area contributed by atoms with E-state index in [0.29, 0.717) is 0 Å². The lowest BCUT2D eigenvalue weighted by Gasteiger charge is -2.17. The molecule has 68 valence electrons. The zero-order valence-corrected chi connectivity index (χ0v) is 7.89. The summed E-state index contributed by atoms with van der Waals surface area (Å²) in [5, 5.41) is 8.47. The van der Waals surface area contributed by atoms with Crippen LogP contribution in [0.1, 0.15) is 57.8 Å². The van der Waals surface area contributed by atoms with Gasteiger partial charge in [-0.1, -0.05) is 44.9 Å². The van der Waals surface area contributed by atoms with Crippen molar-refractivity contribution in [2.24, 2.45) is 5.92 Å². The van der Waals surface area contributed by atoms with Crippen molar-refractivity contribution in [2.75, 3.05) is 0 Å². The van der Waals surface area contributed by atoms with E-state index < -0.39 is 0 Å². The molecule has 0 aromatic heterocycles. The Bertz CT molecular complexity index is 138. The van der Waals surface area contributed by atoms with Gasteiger partial charge in [-0.2, -0.15) is 5.26 Å². The third kappa shape index (κ3) is 3.76. The number of hydrogen-bond donors (Lipinski definition) is 0. The Balaban J connectivity index is 2.16. The zero-order valence-electron chi connectivity index (χ0n) is 7.89. The molecular weight excluding hydrogens is 146 g/mol. The molecule has 0 saturated heterocycles. The largest absolute Gasteiger partial charge is 0.198 e. The van der Waals surface area contributed by atoms with Crippen molar-refractivity contribution in [1.82, 2.24) is 0 Å². The average molecular weight is 165 g/mol. The van der Waals surface area contributed by atoms with Crippen molar-refractivity contribution in [3.8, 4) is 6.07 Å². The number of nitrogens with zero attached hydrogens (tertiary/aromatic N) is 1. The van der Waals surface area contributed by atoms with E-state index in [9.17, 15) is 0 Å². The lowest BCUT2D eigenvalue weighted by atomic mass is 9.88. The molecule has 0 N–H and O–H groups in total. The summed E-state index contributed by atoms with van der Waals surface area (Å²) < 4.78 is 0. The molecule has 1 saturated carbocycles. The summed E-state index contributed by atoms with van der Waals surface area (Å²) in [4.78, 5) is 0. The van der Waals surface area contributed by atoms with Gasteiger partial charge in [0.2, 0.25) is 0 Å². The predicted molar refractivity (Wildman–Crippen MR) is 50.7 cm³/mol. The molecule has 1 heteroatoms. The van der Waals surface area contributed by atoms with Crippen molar-refractivity contribution in [1.29, 1.82) is 5.26 Å². The number of rotatable bonds is 2. The summed E-state index contributed by atoms with van der Waals surface area (Å²) in [6.45, 7) is 0. The molecule has 1 aliphatic rings. The molecule has 0 unspecified atom stereocenters. The molecule has 0 bridgehead atoms. The van der Waals surface area contributed by atoms with Crippen LogP contribution in [0.15, 0.2) is 0 Å². The Labute approximate surface area is 75.8 Å². The molecule has 0 aromatic rings. The van der Waals surface area contributed by atoms with Crippen LogP contribution in [-0.2, 0) is 0 Å².